The topological polar surface area (TPSA) is 0 Å². The summed E-state index contributed by atoms with van der Waals surface area (Å²) in [7, 11) is 1.14. The Kier molecular flexibility index (Phi) is 1.78. The first-order valence-electron chi connectivity index (χ1n) is 3.36. The van der Waals surface area contributed by atoms with Crippen LogP contribution in [0.25, 0.3) is 0 Å². The number of hydrogen-bond donors (Lipinski definition) is 0. The molecule has 0 N–H and O–H groups in total. The molecule has 1 heterocycles. The number of rotatable bonds is 1. The van der Waals surface area contributed by atoms with Crippen molar-refractivity contribution in [3.8, 4) is 0 Å². The van der Waals surface area contributed by atoms with Gasteiger partial charge in [-0.2, -0.15) is 0 Å². The van der Waals surface area contributed by atoms with E-state index in [1.807, 2.05) is 6.92 Å². The largest absolute Gasteiger partial charge is 0.218 e. The van der Waals surface area contributed by atoms with Gasteiger partial charge < -0.3 is 0 Å². The predicted molar refractivity (Wildman–Crippen MR) is 33.9 cm³/mol. The Morgan fingerprint density at radius 2 is 2.33 bits per heavy atom. The molecule has 0 spiro atoms. The van der Waals surface area contributed by atoms with Crippen LogP contribution >= 0.6 is 0 Å². The molecule has 0 aromatic heterocycles. The smallest absolute Gasteiger partial charge is 0.208 e. The summed E-state index contributed by atoms with van der Waals surface area (Å²) in [6.07, 6.45) is 1.55. The third-order valence-corrected chi connectivity index (χ3v) is 1.89. The lowest BCUT2D eigenvalue weighted by atomic mass is 9.73. The quantitative estimate of drug-likeness (QED) is 0.478. The van der Waals surface area contributed by atoms with Crippen LogP contribution in [0.15, 0.2) is 0 Å². The molecule has 0 amide bonds. The van der Waals surface area contributed by atoms with Crippen molar-refractivity contribution in [3.05, 3.63) is 0 Å². The highest BCUT2D eigenvalue weighted by molar-refractivity contribution is 6.40. The van der Waals surface area contributed by atoms with Crippen LogP contribution in [0, 0.1) is 5.92 Å². The maximum absolute atomic E-state index is 12.3. The van der Waals surface area contributed by atoms with Gasteiger partial charge in [0, 0.05) is 6.42 Å². The molecular formula is C6H10BF2. The van der Waals surface area contributed by atoms with Gasteiger partial charge >= 0.3 is 0 Å². The lowest BCUT2D eigenvalue weighted by Crippen LogP contribution is -2.17. The fourth-order valence-corrected chi connectivity index (χ4v) is 1.20. The van der Waals surface area contributed by atoms with Gasteiger partial charge in [0.25, 0.3) is 0 Å². The van der Waals surface area contributed by atoms with E-state index >= 15 is 0 Å². The lowest BCUT2D eigenvalue weighted by Gasteiger charge is -2.07. The van der Waals surface area contributed by atoms with Crippen molar-refractivity contribution in [2.24, 2.45) is 5.92 Å². The van der Waals surface area contributed by atoms with Crippen LogP contribution in [-0.2, 0) is 0 Å². The van der Waals surface area contributed by atoms with Gasteiger partial charge in [0.1, 0.15) is 0 Å². The minimum Gasteiger partial charge on any atom is -0.218 e. The molecule has 0 aliphatic carbocycles. The van der Waals surface area contributed by atoms with Gasteiger partial charge in [0.15, 0.2) is 0 Å². The van der Waals surface area contributed by atoms with E-state index in [2.05, 4.69) is 0 Å². The van der Waals surface area contributed by atoms with Crippen molar-refractivity contribution in [2.75, 3.05) is 0 Å². The molecule has 1 aliphatic rings. The third kappa shape index (κ3) is 1.67. The zero-order chi connectivity index (χ0) is 6.91. The Hall–Kier alpha value is -0.0751. The zero-order valence-electron chi connectivity index (χ0n) is 5.53. The van der Waals surface area contributed by atoms with E-state index in [4.69, 9.17) is 0 Å². The number of alkyl halides is 2. The number of hydrogen-bond acceptors (Lipinski definition) is 0. The van der Waals surface area contributed by atoms with E-state index < -0.39 is 5.82 Å². The van der Waals surface area contributed by atoms with Crippen molar-refractivity contribution in [1.82, 2.24) is 0 Å². The Morgan fingerprint density at radius 3 is 2.56 bits per heavy atom. The van der Waals surface area contributed by atoms with Gasteiger partial charge in [0.2, 0.25) is 13.1 Å². The van der Waals surface area contributed by atoms with E-state index in [1.54, 1.807) is 0 Å². The van der Waals surface area contributed by atoms with Crippen molar-refractivity contribution in [1.29, 1.82) is 0 Å². The highest BCUT2D eigenvalue weighted by atomic mass is 19.3. The first-order chi connectivity index (χ1) is 4.14. The Bertz CT molecular complexity index is 103. The fraction of sp³-hybridized carbons (Fsp3) is 1.00. The van der Waals surface area contributed by atoms with Gasteiger partial charge in [-0.25, -0.2) is 8.78 Å². The SMILES string of the molecule is CCC1C[B]C(F)(F)C1. The summed E-state index contributed by atoms with van der Waals surface area (Å²) in [5.74, 6) is -2.22. The summed E-state index contributed by atoms with van der Waals surface area (Å²) < 4.78 is 24.7. The van der Waals surface area contributed by atoms with Crippen molar-refractivity contribution < 1.29 is 8.78 Å². The van der Waals surface area contributed by atoms with E-state index in [-0.39, 0.29) is 12.3 Å². The molecule has 1 rings (SSSR count). The van der Waals surface area contributed by atoms with Gasteiger partial charge in [0.05, 0.1) is 0 Å². The average Bonchev–Trinajstić information content (AvgIpc) is 2.10. The summed E-state index contributed by atoms with van der Waals surface area (Å²) in [5.41, 5.74) is 0. The molecule has 1 atom stereocenters. The fourth-order valence-electron chi connectivity index (χ4n) is 1.20. The summed E-state index contributed by atoms with van der Waals surface area (Å²) in [5, 5.41) is 0. The van der Waals surface area contributed by atoms with Gasteiger partial charge in [-0.3, -0.25) is 0 Å². The second-order valence-electron chi connectivity index (χ2n) is 2.68. The molecule has 0 aromatic rings. The van der Waals surface area contributed by atoms with Crippen molar-refractivity contribution in [2.45, 2.75) is 31.9 Å². The Balaban J connectivity index is 2.38. The predicted octanol–water partition coefficient (Wildman–Crippen LogP) is 2.13. The summed E-state index contributed by atoms with van der Waals surface area (Å²) in [6.45, 7) is 1.96. The van der Waals surface area contributed by atoms with Gasteiger partial charge in [-0.05, 0) is 5.92 Å². The summed E-state index contributed by atoms with van der Waals surface area (Å²) in [6, 6.07) is 0. The van der Waals surface area contributed by atoms with E-state index in [0.29, 0.717) is 6.32 Å². The lowest BCUT2D eigenvalue weighted by molar-refractivity contribution is 0.0789. The van der Waals surface area contributed by atoms with Crippen LogP contribution < -0.4 is 0 Å². The normalized spacial score (nSPS) is 32.1. The van der Waals surface area contributed by atoms with Crippen LogP contribution in [-0.4, -0.2) is 13.1 Å². The Labute approximate surface area is 54.9 Å². The molecule has 1 fully saturated rings. The second-order valence-corrected chi connectivity index (χ2v) is 2.68. The molecule has 1 radical (unpaired) electrons. The molecule has 0 aromatic carbocycles. The first-order valence-corrected chi connectivity index (χ1v) is 3.36. The minimum absolute atomic E-state index is 0.0729. The molecular weight excluding hydrogens is 121 g/mol. The van der Waals surface area contributed by atoms with E-state index in [1.165, 1.54) is 0 Å². The molecule has 1 saturated heterocycles. The molecule has 1 unspecified atom stereocenters. The van der Waals surface area contributed by atoms with Crippen molar-refractivity contribution in [3.63, 3.8) is 0 Å². The van der Waals surface area contributed by atoms with Crippen LogP contribution in [0.2, 0.25) is 6.32 Å². The second kappa shape index (κ2) is 2.27. The van der Waals surface area contributed by atoms with Gasteiger partial charge in [-0.1, -0.05) is 19.7 Å². The Morgan fingerprint density at radius 1 is 1.67 bits per heavy atom. The van der Waals surface area contributed by atoms with Crippen LogP contribution in [0.5, 0.6) is 0 Å². The monoisotopic (exact) mass is 131 g/mol. The first kappa shape index (κ1) is 7.04. The molecule has 3 heteroatoms. The zero-order valence-corrected chi connectivity index (χ0v) is 5.53. The number of halogens is 2. The third-order valence-electron chi connectivity index (χ3n) is 1.89. The average molecular weight is 131 g/mol. The van der Waals surface area contributed by atoms with Gasteiger partial charge in [-0.15, -0.1) is 0 Å². The minimum atomic E-state index is -2.46. The van der Waals surface area contributed by atoms with Crippen LogP contribution in [0.3, 0.4) is 0 Å². The van der Waals surface area contributed by atoms with Crippen molar-refractivity contribution >= 4 is 7.28 Å². The molecule has 51 valence electrons. The highest BCUT2D eigenvalue weighted by Gasteiger charge is 2.39. The molecule has 0 bridgehead atoms. The molecule has 1 aliphatic heterocycles. The molecule has 9 heavy (non-hydrogen) atoms. The van der Waals surface area contributed by atoms with E-state index in [9.17, 15) is 8.78 Å². The maximum atomic E-state index is 12.3. The summed E-state index contributed by atoms with van der Waals surface area (Å²) >= 11 is 0. The molecule has 0 saturated carbocycles. The molecule has 0 nitrogen and oxygen atoms in total. The maximum Gasteiger partial charge on any atom is 0.208 e. The standard InChI is InChI=1S/C6H10BF2/c1-2-5-3-6(8,9)7-4-5/h5H,2-4H2,1H3. The van der Waals surface area contributed by atoms with Crippen LogP contribution in [0.4, 0.5) is 8.78 Å². The summed E-state index contributed by atoms with van der Waals surface area (Å²) in [4.78, 5) is 0. The van der Waals surface area contributed by atoms with Crippen LogP contribution in [0.1, 0.15) is 19.8 Å². The highest BCUT2D eigenvalue weighted by Crippen LogP contribution is 2.34. The van der Waals surface area contributed by atoms with E-state index in [0.717, 1.165) is 13.7 Å².